The van der Waals surface area contributed by atoms with Crippen molar-refractivity contribution in [2.45, 2.75) is 26.7 Å². The van der Waals surface area contributed by atoms with Gasteiger partial charge in [-0.25, -0.2) is 4.98 Å². The van der Waals surface area contributed by atoms with Crippen molar-refractivity contribution < 1.29 is 4.79 Å². The predicted molar refractivity (Wildman–Crippen MR) is 71.4 cm³/mol. The number of amides is 1. The molecule has 2 aromatic rings. The van der Waals surface area contributed by atoms with E-state index in [1.54, 1.807) is 0 Å². The fourth-order valence-electron chi connectivity index (χ4n) is 1.88. The summed E-state index contributed by atoms with van der Waals surface area (Å²) < 4.78 is 1.99. The number of pyridine rings is 1. The maximum Gasteiger partial charge on any atom is 0.220 e. The van der Waals surface area contributed by atoms with E-state index in [4.69, 9.17) is 0 Å². The van der Waals surface area contributed by atoms with Gasteiger partial charge in [-0.1, -0.05) is 19.9 Å². The largest absolute Gasteiger partial charge is 0.356 e. The van der Waals surface area contributed by atoms with Gasteiger partial charge in [-0.3, -0.25) is 4.79 Å². The fourth-order valence-corrected chi connectivity index (χ4v) is 1.88. The van der Waals surface area contributed by atoms with E-state index < -0.39 is 0 Å². The van der Waals surface area contributed by atoms with E-state index in [1.807, 2.05) is 48.8 Å². The summed E-state index contributed by atoms with van der Waals surface area (Å²) >= 11 is 0. The third kappa shape index (κ3) is 3.32. The molecule has 0 aliphatic carbocycles. The number of fused-ring (bicyclic) bond motifs is 1. The molecule has 0 aromatic carbocycles. The summed E-state index contributed by atoms with van der Waals surface area (Å²) in [6.45, 7) is 4.73. The molecule has 4 nitrogen and oxygen atoms in total. The molecule has 2 rings (SSSR count). The molecule has 4 heteroatoms. The molecular weight excluding hydrogens is 226 g/mol. The van der Waals surface area contributed by atoms with Crippen LogP contribution in [0.1, 0.15) is 26.0 Å². The van der Waals surface area contributed by atoms with E-state index in [2.05, 4.69) is 10.3 Å². The van der Waals surface area contributed by atoms with E-state index in [-0.39, 0.29) is 5.91 Å². The van der Waals surface area contributed by atoms with Crippen molar-refractivity contribution in [1.82, 2.24) is 14.7 Å². The molecule has 0 bridgehead atoms. The van der Waals surface area contributed by atoms with Crippen LogP contribution in [0.15, 0.2) is 30.6 Å². The molecule has 1 N–H and O–H groups in total. The third-order valence-corrected chi connectivity index (χ3v) is 2.71. The van der Waals surface area contributed by atoms with Crippen LogP contribution in [-0.2, 0) is 11.2 Å². The van der Waals surface area contributed by atoms with Gasteiger partial charge < -0.3 is 9.72 Å². The molecule has 1 amide bonds. The van der Waals surface area contributed by atoms with Gasteiger partial charge in [0, 0.05) is 31.8 Å². The highest BCUT2D eigenvalue weighted by Gasteiger charge is 2.05. The Labute approximate surface area is 107 Å². The summed E-state index contributed by atoms with van der Waals surface area (Å²) in [6.07, 6.45) is 5.34. The van der Waals surface area contributed by atoms with Gasteiger partial charge in [0.1, 0.15) is 5.65 Å². The number of hydrogen-bond donors (Lipinski definition) is 1. The van der Waals surface area contributed by atoms with Crippen LogP contribution in [0.2, 0.25) is 0 Å². The third-order valence-electron chi connectivity index (χ3n) is 2.71. The van der Waals surface area contributed by atoms with Crippen molar-refractivity contribution in [3.63, 3.8) is 0 Å². The van der Waals surface area contributed by atoms with Crippen molar-refractivity contribution in [3.05, 3.63) is 36.3 Å². The second-order valence-corrected chi connectivity index (χ2v) is 4.90. The van der Waals surface area contributed by atoms with Gasteiger partial charge in [-0.2, -0.15) is 0 Å². The molecule has 0 spiro atoms. The van der Waals surface area contributed by atoms with Gasteiger partial charge in [-0.05, 0) is 18.1 Å². The molecule has 18 heavy (non-hydrogen) atoms. The minimum Gasteiger partial charge on any atom is -0.356 e. The van der Waals surface area contributed by atoms with Gasteiger partial charge in [0.05, 0.1) is 5.69 Å². The second-order valence-electron chi connectivity index (χ2n) is 4.90. The van der Waals surface area contributed by atoms with E-state index >= 15 is 0 Å². The summed E-state index contributed by atoms with van der Waals surface area (Å²) in [5.41, 5.74) is 1.95. The van der Waals surface area contributed by atoms with E-state index in [0.29, 0.717) is 18.9 Å². The first-order chi connectivity index (χ1) is 8.65. The Bertz CT molecular complexity index is 498. The standard InChI is InChI=1S/C14H19N3O/c1-11(2)9-14(18)15-7-6-12-10-17-8-4-3-5-13(17)16-12/h3-5,8,10-11H,6-7,9H2,1-2H3,(H,15,18). The molecular formula is C14H19N3O. The fraction of sp³-hybridized carbons (Fsp3) is 0.429. The molecule has 0 fully saturated rings. The minimum atomic E-state index is 0.119. The predicted octanol–water partition coefficient (Wildman–Crippen LogP) is 2.04. The molecule has 0 unspecified atom stereocenters. The Morgan fingerprint density at radius 3 is 3.00 bits per heavy atom. The molecule has 2 heterocycles. The average molecular weight is 245 g/mol. The summed E-state index contributed by atoms with van der Waals surface area (Å²) in [5.74, 6) is 0.522. The van der Waals surface area contributed by atoms with Gasteiger partial charge in [0.2, 0.25) is 5.91 Å². The van der Waals surface area contributed by atoms with Crippen molar-refractivity contribution in [1.29, 1.82) is 0 Å². The van der Waals surface area contributed by atoms with E-state index in [1.165, 1.54) is 0 Å². The topological polar surface area (TPSA) is 46.4 Å². The lowest BCUT2D eigenvalue weighted by Crippen LogP contribution is -2.26. The summed E-state index contributed by atoms with van der Waals surface area (Å²) in [4.78, 5) is 16.0. The lowest BCUT2D eigenvalue weighted by atomic mass is 10.1. The number of aromatic nitrogens is 2. The highest BCUT2D eigenvalue weighted by atomic mass is 16.1. The normalized spacial score (nSPS) is 11.1. The van der Waals surface area contributed by atoms with Crippen LogP contribution in [-0.4, -0.2) is 21.8 Å². The number of carbonyl (C=O) groups is 1. The molecule has 2 aromatic heterocycles. The smallest absolute Gasteiger partial charge is 0.220 e. The van der Waals surface area contributed by atoms with Gasteiger partial charge in [0.15, 0.2) is 0 Å². The van der Waals surface area contributed by atoms with E-state index in [0.717, 1.165) is 17.8 Å². The van der Waals surface area contributed by atoms with Crippen LogP contribution in [0.25, 0.3) is 5.65 Å². The molecule has 0 atom stereocenters. The molecule has 0 saturated carbocycles. The Hall–Kier alpha value is -1.84. The van der Waals surface area contributed by atoms with Crippen LogP contribution in [0.5, 0.6) is 0 Å². The Balaban J connectivity index is 1.85. The number of carbonyl (C=O) groups excluding carboxylic acids is 1. The molecule has 0 radical (unpaired) electrons. The van der Waals surface area contributed by atoms with Crippen LogP contribution >= 0.6 is 0 Å². The zero-order valence-corrected chi connectivity index (χ0v) is 10.9. The lowest BCUT2D eigenvalue weighted by Gasteiger charge is -2.05. The lowest BCUT2D eigenvalue weighted by molar-refractivity contribution is -0.121. The van der Waals surface area contributed by atoms with Gasteiger partial charge in [-0.15, -0.1) is 0 Å². The number of rotatable bonds is 5. The van der Waals surface area contributed by atoms with Crippen LogP contribution < -0.4 is 5.32 Å². The number of nitrogens with zero attached hydrogens (tertiary/aromatic N) is 2. The summed E-state index contributed by atoms with van der Waals surface area (Å²) in [6, 6.07) is 5.92. The number of hydrogen-bond acceptors (Lipinski definition) is 2. The maximum absolute atomic E-state index is 11.5. The van der Waals surface area contributed by atoms with Crippen LogP contribution in [0, 0.1) is 5.92 Å². The average Bonchev–Trinajstić information content (AvgIpc) is 2.70. The number of nitrogens with one attached hydrogen (secondary N) is 1. The van der Waals surface area contributed by atoms with Crippen molar-refractivity contribution >= 4 is 11.6 Å². The zero-order chi connectivity index (χ0) is 13.0. The van der Waals surface area contributed by atoms with Crippen molar-refractivity contribution in [2.24, 2.45) is 5.92 Å². The highest BCUT2D eigenvalue weighted by Crippen LogP contribution is 2.04. The summed E-state index contributed by atoms with van der Waals surface area (Å²) in [7, 11) is 0. The quantitative estimate of drug-likeness (QED) is 0.876. The molecule has 96 valence electrons. The van der Waals surface area contributed by atoms with Gasteiger partial charge in [0.25, 0.3) is 0 Å². The first-order valence-corrected chi connectivity index (χ1v) is 6.34. The minimum absolute atomic E-state index is 0.119. The zero-order valence-electron chi connectivity index (χ0n) is 10.9. The Morgan fingerprint density at radius 1 is 1.44 bits per heavy atom. The second kappa shape index (κ2) is 5.67. The monoisotopic (exact) mass is 245 g/mol. The molecule has 0 aliphatic rings. The van der Waals surface area contributed by atoms with Crippen LogP contribution in [0.4, 0.5) is 0 Å². The van der Waals surface area contributed by atoms with Crippen molar-refractivity contribution in [3.8, 4) is 0 Å². The van der Waals surface area contributed by atoms with Gasteiger partial charge >= 0.3 is 0 Å². The maximum atomic E-state index is 11.5. The highest BCUT2D eigenvalue weighted by molar-refractivity contribution is 5.76. The molecule has 0 aliphatic heterocycles. The van der Waals surface area contributed by atoms with E-state index in [9.17, 15) is 4.79 Å². The molecule has 0 saturated heterocycles. The summed E-state index contributed by atoms with van der Waals surface area (Å²) in [5, 5.41) is 2.92. The Kier molecular flexibility index (Phi) is 3.97. The first-order valence-electron chi connectivity index (χ1n) is 6.34. The first kappa shape index (κ1) is 12.6. The number of imidazole rings is 1. The Morgan fingerprint density at radius 2 is 2.28 bits per heavy atom. The van der Waals surface area contributed by atoms with Crippen LogP contribution in [0.3, 0.4) is 0 Å². The SMILES string of the molecule is CC(C)CC(=O)NCCc1cn2ccccc2n1. The van der Waals surface area contributed by atoms with Crippen molar-refractivity contribution in [2.75, 3.05) is 6.54 Å².